The number of benzene rings is 1. The number of fused-ring (bicyclic) bond motifs is 3. The van der Waals surface area contributed by atoms with E-state index in [9.17, 15) is 9.18 Å². The Hall–Kier alpha value is -1.97. The Kier molecular flexibility index (Phi) is 3.32. The second kappa shape index (κ2) is 5.34. The molecule has 1 fully saturated rings. The third-order valence-electron chi connectivity index (χ3n) is 5.16. The van der Waals surface area contributed by atoms with Crippen LogP contribution in [0.1, 0.15) is 50.1 Å². The lowest BCUT2D eigenvalue weighted by molar-refractivity contribution is -0.696. The number of aromatic amines is 1. The van der Waals surface area contributed by atoms with E-state index in [1.807, 2.05) is 23.2 Å². The standard InChI is InChI=1S/C18H19FN2O/c19-14-8-4-7-13-16-10-20-11-21(16)15(18(13)14)9-17(22)12-5-2-1-3-6-12/h4,7-8,10-12,15H,1-3,5-6,9H2/p+1/t15-/m0/s1. The predicted molar refractivity (Wildman–Crippen MR) is 80.7 cm³/mol. The zero-order valence-corrected chi connectivity index (χ0v) is 12.5. The lowest BCUT2D eigenvalue weighted by Gasteiger charge is -2.21. The van der Waals surface area contributed by atoms with Crippen molar-refractivity contribution in [3.05, 3.63) is 42.1 Å². The fourth-order valence-electron chi connectivity index (χ4n) is 4.04. The van der Waals surface area contributed by atoms with Gasteiger partial charge in [0.1, 0.15) is 23.8 Å². The molecule has 1 aromatic carbocycles. The number of carbonyl (C=O) groups is 1. The summed E-state index contributed by atoms with van der Waals surface area (Å²) in [5.74, 6) is 0.260. The van der Waals surface area contributed by atoms with Crippen LogP contribution in [0.3, 0.4) is 0 Å². The Morgan fingerprint density at radius 3 is 2.91 bits per heavy atom. The molecule has 22 heavy (non-hydrogen) atoms. The zero-order chi connectivity index (χ0) is 15.1. The van der Waals surface area contributed by atoms with E-state index in [-0.39, 0.29) is 17.8 Å². The van der Waals surface area contributed by atoms with Crippen molar-refractivity contribution in [2.45, 2.75) is 44.6 Å². The van der Waals surface area contributed by atoms with Gasteiger partial charge in [0.25, 0.3) is 0 Å². The van der Waals surface area contributed by atoms with Crippen molar-refractivity contribution in [3.63, 3.8) is 0 Å². The minimum Gasteiger partial charge on any atom is -0.299 e. The Labute approximate surface area is 129 Å². The van der Waals surface area contributed by atoms with Gasteiger partial charge in [-0.3, -0.25) is 4.79 Å². The number of nitrogens with one attached hydrogen (secondary N) is 1. The molecule has 3 nitrogen and oxygen atoms in total. The van der Waals surface area contributed by atoms with Gasteiger partial charge >= 0.3 is 0 Å². The number of aromatic nitrogens is 2. The molecule has 4 heteroatoms. The van der Waals surface area contributed by atoms with Crippen LogP contribution in [0.25, 0.3) is 11.3 Å². The molecular weight excluding hydrogens is 279 g/mol. The lowest BCUT2D eigenvalue weighted by Crippen LogP contribution is -2.38. The highest BCUT2D eigenvalue weighted by atomic mass is 19.1. The van der Waals surface area contributed by atoms with Crippen molar-refractivity contribution in [1.82, 2.24) is 4.98 Å². The third kappa shape index (κ3) is 2.09. The molecule has 114 valence electrons. The summed E-state index contributed by atoms with van der Waals surface area (Å²) < 4.78 is 16.3. The van der Waals surface area contributed by atoms with E-state index in [0.29, 0.717) is 17.8 Å². The molecule has 0 amide bonds. The molecule has 0 radical (unpaired) electrons. The minimum absolute atomic E-state index is 0.174. The molecule has 1 atom stereocenters. The molecular formula is C18H20FN2O+. The van der Waals surface area contributed by atoms with E-state index < -0.39 is 0 Å². The van der Waals surface area contributed by atoms with Crippen molar-refractivity contribution in [2.24, 2.45) is 5.92 Å². The Morgan fingerprint density at radius 1 is 1.27 bits per heavy atom. The Morgan fingerprint density at radius 2 is 2.09 bits per heavy atom. The maximum absolute atomic E-state index is 14.3. The van der Waals surface area contributed by atoms with Gasteiger partial charge in [-0.25, -0.2) is 13.9 Å². The summed E-state index contributed by atoms with van der Waals surface area (Å²) in [5, 5.41) is 0. The topological polar surface area (TPSA) is 36.7 Å². The van der Waals surface area contributed by atoms with Gasteiger partial charge in [-0.2, -0.15) is 0 Å². The number of carbonyl (C=O) groups excluding carboxylic acids is 1. The van der Waals surface area contributed by atoms with Crippen molar-refractivity contribution in [3.8, 4) is 11.3 Å². The molecule has 2 heterocycles. The van der Waals surface area contributed by atoms with Crippen LogP contribution in [0, 0.1) is 11.7 Å². The first-order valence-corrected chi connectivity index (χ1v) is 8.15. The van der Waals surface area contributed by atoms with Crippen LogP contribution in [-0.2, 0) is 4.79 Å². The smallest absolute Gasteiger partial charge is 0.242 e. The van der Waals surface area contributed by atoms with Crippen LogP contribution in [-0.4, -0.2) is 10.8 Å². The van der Waals surface area contributed by atoms with E-state index >= 15 is 0 Å². The molecule has 4 rings (SSSR count). The molecule has 1 N–H and O–H groups in total. The zero-order valence-electron chi connectivity index (χ0n) is 12.5. The first kappa shape index (κ1) is 13.7. The molecule has 1 aliphatic heterocycles. The average molecular weight is 299 g/mol. The second-order valence-corrected chi connectivity index (χ2v) is 6.45. The highest BCUT2D eigenvalue weighted by molar-refractivity contribution is 5.82. The maximum atomic E-state index is 14.3. The summed E-state index contributed by atoms with van der Waals surface area (Å²) in [5.41, 5.74) is 2.55. The number of nitrogens with zero attached hydrogens (tertiary/aromatic N) is 1. The fourth-order valence-corrected chi connectivity index (χ4v) is 4.04. The highest BCUT2D eigenvalue weighted by Gasteiger charge is 2.38. The number of hydrogen-bond acceptors (Lipinski definition) is 1. The minimum atomic E-state index is -0.206. The monoisotopic (exact) mass is 299 g/mol. The molecule has 0 unspecified atom stereocenters. The summed E-state index contributed by atoms with van der Waals surface area (Å²) in [6.45, 7) is 0. The summed E-state index contributed by atoms with van der Waals surface area (Å²) in [6.07, 6.45) is 9.65. The SMILES string of the molecule is O=C(C[C@H]1c2c(F)cccc2-c2c[nH]c[n+]21)C1CCCCC1. The Bertz CT molecular complexity index is 716. The van der Waals surface area contributed by atoms with Gasteiger partial charge in [0.05, 0.1) is 6.42 Å². The molecule has 1 aromatic heterocycles. The van der Waals surface area contributed by atoms with Crippen molar-refractivity contribution >= 4 is 5.78 Å². The van der Waals surface area contributed by atoms with Gasteiger partial charge in [0.15, 0.2) is 5.69 Å². The number of Topliss-reactive ketones (excluding diaryl/α,β-unsaturated/α-hetero) is 1. The lowest BCUT2D eigenvalue weighted by atomic mass is 9.83. The van der Waals surface area contributed by atoms with Crippen LogP contribution in [0.4, 0.5) is 4.39 Å². The molecule has 2 aliphatic rings. The fraction of sp³-hybridized carbons (Fsp3) is 0.444. The summed E-state index contributed by atoms with van der Waals surface area (Å²) in [6, 6.07) is 4.96. The third-order valence-corrected chi connectivity index (χ3v) is 5.16. The molecule has 1 aliphatic carbocycles. The van der Waals surface area contributed by atoms with Crippen molar-refractivity contribution in [1.29, 1.82) is 0 Å². The number of hydrogen-bond donors (Lipinski definition) is 1. The molecule has 1 saturated carbocycles. The van der Waals surface area contributed by atoms with Crippen LogP contribution in [0.2, 0.25) is 0 Å². The second-order valence-electron chi connectivity index (χ2n) is 6.45. The van der Waals surface area contributed by atoms with E-state index in [0.717, 1.165) is 36.9 Å². The summed E-state index contributed by atoms with van der Waals surface area (Å²) >= 11 is 0. The van der Waals surface area contributed by atoms with Crippen LogP contribution in [0.15, 0.2) is 30.7 Å². The molecule has 2 aromatic rings. The maximum Gasteiger partial charge on any atom is 0.242 e. The quantitative estimate of drug-likeness (QED) is 0.865. The summed E-state index contributed by atoms with van der Waals surface area (Å²) in [4.78, 5) is 15.7. The van der Waals surface area contributed by atoms with Gasteiger partial charge in [-0.15, -0.1) is 0 Å². The normalized spacial score (nSPS) is 20.7. The van der Waals surface area contributed by atoms with Gasteiger partial charge in [0, 0.05) is 17.0 Å². The van der Waals surface area contributed by atoms with Gasteiger partial charge in [-0.1, -0.05) is 25.3 Å². The van der Waals surface area contributed by atoms with E-state index in [1.165, 1.54) is 12.5 Å². The van der Waals surface area contributed by atoms with Gasteiger partial charge in [-0.05, 0) is 25.0 Å². The molecule has 0 bridgehead atoms. The van der Waals surface area contributed by atoms with Gasteiger partial charge in [0.2, 0.25) is 6.33 Å². The number of H-pyrrole nitrogens is 1. The van der Waals surface area contributed by atoms with Crippen molar-refractivity contribution in [2.75, 3.05) is 0 Å². The highest BCUT2D eigenvalue weighted by Crippen LogP contribution is 2.38. The number of ketones is 1. The predicted octanol–water partition coefficient (Wildman–Crippen LogP) is 3.55. The van der Waals surface area contributed by atoms with Crippen LogP contribution in [0.5, 0.6) is 0 Å². The summed E-state index contributed by atoms with van der Waals surface area (Å²) in [7, 11) is 0. The molecule has 0 saturated heterocycles. The molecule has 0 spiro atoms. The van der Waals surface area contributed by atoms with Crippen LogP contribution >= 0.6 is 0 Å². The first-order chi connectivity index (χ1) is 10.8. The largest absolute Gasteiger partial charge is 0.299 e. The number of rotatable bonds is 3. The van der Waals surface area contributed by atoms with Gasteiger partial charge < -0.3 is 0 Å². The van der Waals surface area contributed by atoms with E-state index in [2.05, 4.69) is 4.98 Å². The Balaban J connectivity index is 1.66. The number of halogens is 1. The first-order valence-electron chi connectivity index (χ1n) is 8.15. The van der Waals surface area contributed by atoms with Crippen LogP contribution < -0.4 is 4.57 Å². The number of imidazole rings is 1. The van der Waals surface area contributed by atoms with E-state index in [1.54, 1.807) is 6.07 Å². The van der Waals surface area contributed by atoms with Crippen molar-refractivity contribution < 1.29 is 13.8 Å². The van der Waals surface area contributed by atoms with E-state index in [4.69, 9.17) is 0 Å². The average Bonchev–Trinajstić information content (AvgIpc) is 3.12.